The molecule has 1 atom stereocenters. The second kappa shape index (κ2) is 8.37. The zero-order chi connectivity index (χ0) is 19.2. The molecule has 138 valence electrons. The Bertz CT molecular complexity index is 745. The summed E-state index contributed by atoms with van der Waals surface area (Å²) in [7, 11) is 0. The van der Waals surface area contributed by atoms with Crippen LogP contribution in [0.1, 0.15) is 29.2 Å². The number of amides is 1. The fraction of sp³-hybridized carbons (Fsp3) is 0.222. The summed E-state index contributed by atoms with van der Waals surface area (Å²) < 4.78 is 42.9. The van der Waals surface area contributed by atoms with Crippen molar-refractivity contribution in [2.24, 2.45) is 0 Å². The highest BCUT2D eigenvalue weighted by Crippen LogP contribution is 2.30. The highest BCUT2D eigenvalue weighted by atomic mass is 19.4. The number of rotatable bonds is 6. The first-order valence-corrected chi connectivity index (χ1v) is 7.62. The van der Waals surface area contributed by atoms with Crippen molar-refractivity contribution in [1.82, 2.24) is 5.32 Å². The number of carbonyl (C=O) groups is 2. The monoisotopic (exact) mass is 367 g/mol. The lowest BCUT2D eigenvalue weighted by Gasteiger charge is -2.18. The van der Waals surface area contributed by atoms with Crippen molar-refractivity contribution < 1.29 is 32.6 Å². The van der Waals surface area contributed by atoms with Gasteiger partial charge in [0.05, 0.1) is 18.0 Å². The van der Waals surface area contributed by atoms with Gasteiger partial charge in [-0.25, -0.2) is 4.79 Å². The third-order valence-electron chi connectivity index (χ3n) is 3.52. The number of alkyl halides is 3. The predicted molar refractivity (Wildman–Crippen MR) is 86.2 cm³/mol. The van der Waals surface area contributed by atoms with E-state index in [2.05, 4.69) is 5.32 Å². The maximum Gasteiger partial charge on any atom is 0.416 e. The van der Waals surface area contributed by atoms with Crippen LogP contribution in [-0.4, -0.2) is 17.2 Å². The number of halogens is 3. The molecule has 2 rings (SSSR count). The van der Waals surface area contributed by atoms with Crippen molar-refractivity contribution in [2.45, 2.75) is 25.2 Å². The zero-order valence-corrected chi connectivity index (χ0v) is 13.5. The van der Waals surface area contributed by atoms with Crippen LogP contribution in [0.3, 0.4) is 0 Å². The summed E-state index contributed by atoms with van der Waals surface area (Å²) in [6.45, 7) is -0.0144. The van der Waals surface area contributed by atoms with E-state index >= 15 is 0 Å². The van der Waals surface area contributed by atoms with E-state index in [1.54, 1.807) is 30.3 Å². The quantitative estimate of drug-likeness (QED) is 0.804. The van der Waals surface area contributed by atoms with Crippen LogP contribution in [0.4, 0.5) is 18.0 Å². The van der Waals surface area contributed by atoms with Crippen molar-refractivity contribution in [2.75, 3.05) is 0 Å². The minimum Gasteiger partial charge on any atom is -0.481 e. The molecule has 0 fully saturated rings. The Morgan fingerprint density at radius 2 is 1.65 bits per heavy atom. The van der Waals surface area contributed by atoms with Crippen LogP contribution in [0, 0.1) is 0 Å². The molecule has 0 saturated heterocycles. The van der Waals surface area contributed by atoms with Crippen LogP contribution >= 0.6 is 0 Å². The van der Waals surface area contributed by atoms with Crippen LogP contribution in [0.5, 0.6) is 0 Å². The van der Waals surface area contributed by atoms with Gasteiger partial charge >= 0.3 is 18.2 Å². The summed E-state index contributed by atoms with van der Waals surface area (Å²) in [5, 5.41) is 11.3. The molecule has 2 aromatic rings. The highest BCUT2D eigenvalue weighted by Gasteiger charge is 2.30. The molecule has 1 amide bonds. The SMILES string of the molecule is O=C(O)C[C@H](NC(=O)OCc1ccccc1)c1ccc(C(F)(F)F)cc1. The Morgan fingerprint density at radius 1 is 1.04 bits per heavy atom. The Morgan fingerprint density at radius 3 is 2.19 bits per heavy atom. The molecule has 0 spiro atoms. The second-order valence-corrected chi connectivity index (χ2v) is 5.48. The molecule has 0 bridgehead atoms. The molecule has 0 aliphatic heterocycles. The smallest absolute Gasteiger partial charge is 0.416 e. The first kappa shape index (κ1) is 19.3. The molecule has 0 unspecified atom stereocenters. The molecule has 0 aromatic heterocycles. The summed E-state index contributed by atoms with van der Waals surface area (Å²) in [5.74, 6) is -1.21. The number of alkyl carbamates (subject to hydrolysis) is 1. The molecule has 26 heavy (non-hydrogen) atoms. The molecule has 2 aromatic carbocycles. The van der Waals surface area contributed by atoms with Gasteiger partial charge in [-0.05, 0) is 23.3 Å². The van der Waals surface area contributed by atoms with Gasteiger partial charge in [0.1, 0.15) is 6.61 Å². The number of hydrogen-bond acceptors (Lipinski definition) is 3. The molecule has 5 nitrogen and oxygen atoms in total. The van der Waals surface area contributed by atoms with Crippen molar-refractivity contribution in [3.05, 3.63) is 71.3 Å². The highest BCUT2D eigenvalue weighted by molar-refractivity contribution is 5.72. The predicted octanol–water partition coefficient (Wildman–Crippen LogP) is 4.15. The van der Waals surface area contributed by atoms with Crippen LogP contribution in [0.25, 0.3) is 0 Å². The van der Waals surface area contributed by atoms with Gasteiger partial charge in [0, 0.05) is 0 Å². The summed E-state index contributed by atoms with van der Waals surface area (Å²) >= 11 is 0. The third kappa shape index (κ3) is 5.80. The van der Waals surface area contributed by atoms with Crippen molar-refractivity contribution in [3.63, 3.8) is 0 Å². The molecule has 0 aliphatic rings. The van der Waals surface area contributed by atoms with E-state index in [1.165, 1.54) is 0 Å². The standard InChI is InChI=1S/C18H16F3NO4/c19-18(20,21)14-8-6-13(7-9-14)15(10-16(23)24)22-17(25)26-11-12-4-2-1-3-5-12/h1-9,15H,10-11H2,(H,22,25)(H,23,24)/t15-/m0/s1. The fourth-order valence-corrected chi connectivity index (χ4v) is 2.24. The fourth-order valence-electron chi connectivity index (χ4n) is 2.24. The number of aliphatic carboxylic acids is 1. The Kier molecular flexibility index (Phi) is 6.21. The van der Waals surface area contributed by atoms with E-state index in [0.717, 1.165) is 29.8 Å². The number of benzene rings is 2. The molecule has 0 radical (unpaired) electrons. The maximum atomic E-state index is 12.6. The lowest BCUT2D eigenvalue weighted by atomic mass is 10.0. The van der Waals surface area contributed by atoms with Gasteiger partial charge in [-0.3, -0.25) is 4.79 Å². The minimum absolute atomic E-state index is 0.0144. The van der Waals surface area contributed by atoms with E-state index in [0.29, 0.717) is 0 Å². The van der Waals surface area contributed by atoms with Gasteiger partial charge in [0.25, 0.3) is 0 Å². The van der Waals surface area contributed by atoms with Gasteiger partial charge in [-0.2, -0.15) is 13.2 Å². The van der Waals surface area contributed by atoms with Crippen LogP contribution in [0.2, 0.25) is 0 Å². The molecule has 0 aliphatic carbocycles. The maximum absolute atomic E-state index is 12.6. The number of carbonyl (C=O) groups excluding carboxylic acids is 1. The lowest BCUT2D eigenvalue weighted by Crippen LogP contribution is -2.30. The Labute approximate surface area is 147 Å². The first-order chi connectivity index (χ1) is 12.3. The molecule has 2 N–H and O–H groups in total. The van der Waals surface area contributed by atoms with E-state index < -0.39 is 36.3 Å². The summed E-state index contributed by atoms with van der Waals surface area (Å²) in [6.07, 6.45) is -5.85. The van der Waals surface area contributed by atoms with Gasteiger partial charge < -0.3 is 15.2 Å². The van der Waals surface area contributed by atoms with Gasteiger partial charge in [-0.15, -0.1) is 0 Å². The molecule has 0 saturated carbocycles. The summed E-state index contributed by atoms with van der Waals surface area (Å²) in [6, 6.07) is 11.8. The summed E-state index contributed by atoms with van der Waals surface area (Å²) in [4.78, 5) is 22.9. The van der Waals surface area contributed by atoms with Crippen LogP contribution < -0.4 is 5.32 Å². The Balaban J connectivity index is 2.04. The van der Waals surface area contributed by atoms with Gasteiger partial charge in [0.15, 0.2) is 0 Å². The van der Waals surface area contributed by atoms with Gasteiger partial charge in [-0.1, -0.05) is 42.5 Å². The minimum atomic E-state index is -4.50. The number of carboxylic acid groups (broad SMARTS) is 1. The third-order valence-corrected chi connectivity index (χ3v) is 3.52. The molecule has 8 heteroatoms. The molecular weight excluding hydrogens is 351 g/mol. The average molecular weight is 367 g/mol. The van der Waals surface area contributed by atoms with Crippen molar-refractivity contribution in [1.29, 1.82) is 0 Å². The van der Waals surface area contributed by atoms with Crippen LogP contribution in [-0.2, 0) is 22.3 Å². The zero-order valence-electron chi connectivity index (χ0n) is 13.5. The summed E-state index contributed by atoms with van der Waals surface area (Å²) in [5.41, 5.74) is 0.117. The molecule has 0 heterocycles. The van der Waals surface area contributed by atoms with E-state index in [4.69, 9.17) is 9.84 Å². The van der Waals surface area contributed by atoms with Crippen molar-refractivity contribution in [3.8, 4) is 0 Å². The van der Waals surface area contributed by atoms with E-state index in [1.807, 2.05) is 0 Å². The normalized spacial score (nSPS) is 12.3. The largest absolute Gasteiger partial charge is 0.481 e. The number of carboxylic acids is 1. The first-order valence-electron chi connectivity index (χ1n) is 7.62. The topological polar surface area (TPSA) is 75.6 Å². The number of nitrogens with one attached hydrogen (secondary N) is 1. The van der Waals surface area contributed by atoms with Crippen molar-refractivity contribution >= 4 is 12.1 Å². The lowest BCUT2D eigenvalue weighted by molar-refractivity contribution is -0.138. The van der Waals surface area contributed by atoms with E-state index in [9.17, 15) is 22.8 Å². The Hall–Kier alpha value is -3.03. The average Bonchev–Trinajstić information content (AvgIpc) is 2.59. The van der Waals surface area contributed by atoms with Crippen LogP contribution in [0.15, 0.2) is 54.6 Å². The molecular formula is C18H16F3NO4. The van der Waals surface area contributed by atoms with E-state index in [-0.39, 0.29) is 12.2 Å². The number of ether oxygens (including phenoxy) is 1. The number of hydrogen-bond donors (Lipinski definition) is 2. The van der Waals surface area contributed by atoms with Gasteiger partial charge in [0.2, 0.25) is 0 Å². The second-order valence-electron chi connectivity index (χ2n) is 5.48.